The average Bonchev–Trinajstić information content (AvgIpc) is 3.26. The van der Waals surface area contributed by atoms with E-state index in [1.165, 1.54) is 18.5 Å². The summed E-state index contributed by atoms with van der Waals surface area (Å²) in [5.74, 6) is 0.245. The fourth-order valence-electron chi connectivity index (χ4n) is 4.10. The molecule has 0 unspecified atom stereocenters. The van der Waals surface area contributed by atoms with Gasteiger partial charge >= 0.3 is 6.18 Å². The standard InChI is InChI=1S/C27H22F4N8/c1-15(38-22-8-7-19(28)12-33-22)20-9-18(27(29,30)31)11-35-25(20)34-10-16-3-5-17(6-4-16)21-13-39(2)26-23(21)24(32)36-14-37-26/h3-9,11-14H,1,10H2,2H3,(H,33,38)(H,34,35)(H2,32,36,37). The largest absolute Gasteiger partial charge is 0.417 e. The summed E-state index contributed by atoms with van der Waals surface area (Å²) in [6, 6.07) is 11.1. The van der Waals surface area contributed by atoms with E-state index in [1.54, 1.807) is 0 Å². The molecule has 5 rings (SSSR count). The minimum absolute atomic E-state index is 0.0961. The van der Waals surface area contributed by atoms with Gasteiger partial charge in [-0.15, -0.1) is 0 Å². The molecular formula is C27H22F4N8. The summed E-state index contributed by atoms with van der Waals surface area (Å²) in [6.45, 7) is 4.12. The zero-order valence-corrected chi connectivity index (χ0v) is 20.6. The number of nitrogen functional groups attached to an aromatic ring is 1. The highest BCUT2D eigenvalue weighted by Crippen LogP contribution is 2.34. The Morgan fingerprint density at radius 3 is 2.49 bits per heavy atom. The van der Waals surface area contributed by atoms with E-state index in [0.717, 1.165) is 40.5 Å². The van der Waals surface area contributed by atoms with Gasteiger partial charge in [-0.25, -0.2) is 24.3 Å². The highest BCUT2D eigenvalue weighted by Gasteiger charge is 2.32. The van der Waals surface area contributed by atoms with Crippen molar-refractivity contribution in [1.82, 2.24) is 24.5 Å². The molecule has 0 saturated carbocycles. The minimum Gasteiger partial charge on any atom is -0.383 e. The van der Waals surface area contributed by atoms with Crippen LogP contribution in [0.25, 0.3) is 27.9 Å². The molecule has 0 aliphatic heterocycles. The first-order valence-corrected chi connectivity index (χ1v) is 11.6. The Hall–Kier alpha value is -5.00. The second kappa shape index (κ2) is 10.0. The molecule has 1 aromatic carbocycles. The number of pyridine rings is 2. The Balaban J connectivity index is 1.38. The number of fused-ring (bicyclic) bond motifs is 1. The number of rotatable bonds is 7. The van der Waals surface area contributed by atoms with Crippen molar-refractivity contribution in [3.63, 3.8) is 0 Å². The van der Waals surface area contributed by atoms with Crippen molar-refractivity contribution >= 4 is 34.2 Å². The van der Waals surface area contributed by atoms with Crippen LogP contribution < -0.4 is 16.4 Å². The lowest BCUT2D eigenvalue weighted by atomic mass is 10.0. The zero-order chi connectivity index (χ0) is 27.7. The van der Waals surface area contributed by atoms with Gasteiger partial charge in [0.1, 0.15) is 35.2 Å². The molecule has 5 aromatic rings. The lowest BCUT2D eigenvalue weighted by Crippen LogP contribution is -2.12. The molecule has 4 N–H and O–H groups in total. The molecule has 12 heteroatoms. The molecule has 0 fully saturated rings. The van der Waals surface area contributed by atoms with Crippen LogP contribution in [0.4, 0.5) is 35.0 Å². The van der Waals surface area contributed by atoms with Gasteiger partial charge in [-0.1, -0.05) is 30.8 Å². The first kappa shape index (κ1) is 25.6. The van der Waals surface area contributed by atoms with Crippen LogP contribution in [0, 0.1) is 5.82 Å². The van der Waals surface area contributed by atoms with E-state index in [9.17, 15) is 17.6 Å². The van der Waals surface area contributed by atoms with Crippen molar-refractivity contribution < 1.29 is 17.6 Å². The first-order chi connectivity index (χ1) is 18.6. The number of benzene rings is 1. The molecular weight excluding hydrogens is 512 g/mol. The van der Waals surface area contributed by atoms with Crippen molar-refractivity contribution in [3.05, 3.63) is 96.5 Å². The van der Waals surface area contributed by atoms with Gasteiger partial charge < -0.3 is 20.9 Å². The molecule has 8 nitrogen and oxygen atoms in total. The summed E-state index contributed by atoms with van der Waals surface area (Å²) in [7, 11) is 1.88. The number of alkyl halides is 3. The number of halogens is 4. The molecule has 39 heavy (non-hydrogen) atoms. The van der Waals surface area contributed by atoms with Crippen molar-refractivity contribution in [1.29, 1.82) is 0 Å². The third kappa shape index (κ3) is 5.35. The maximum Gasteiger partial charge on any atom is 0.417 e. The molecule has 0 aliphatic rings. The van der Waals surface area contributed by atoms with Gasteiger partial charge in [-0.3, -0.25) is 0 Å². The summed E-state index contributed by atoms with van der Waals surface area (Å²) in [6.07, 6.45) is 0.490. The van der Waals surface area contributed by atoms with Gasteiger partial charge in [0, 0.05) is 42.8 Å². The number of nitrogens with zero attached hydrogens (tertiary/aromatic N) is 5. The zero-order valence-electron chi connectivity index (χ0n) is 20.6. The second-order valence-corrected chi connectivity index (χ2v) is 8.74. The van der Waals surface area contributed by atoms with Crippen molar-refractivity contribution in [2.24, 2.45) is 7.05 Å². The van der Waals surface area contributed by atoms with E-state index in [4.69, 9.17) is 5.73 Å². The fourth-order valence-corrected chi connectivity index (χ4v) is 4.10. The molecule has 198 valence electrons. The van der Waals surface area contributed by atoms with E-state index >= 15 is 0 Å². The Labute approximate surface area is 220 Å². The molecule has 0 aliphatic carbocycles. The van der Waals surface area contributed by atoms with E-state index in [1.807, 2.05) is 42.1 Å². The topological polar surface area (TPSA) is 107 Å². The molecule has 0 saturated heterocycles. The number of aryl methyl sites for hydroxylation is 1. The van der Waals surface area contributed by atoms with Crippen LogP contribution in [0.15, 0.2) is 74.0 Å². The molecule has 4 aromatic heterocycles. The maximum absolute atomic E-state index is 13.4. The minimum atomic E-state index is -4.60. The molecule has 0 amide bonds. The highest BCUT2D eigenvalue weighted by molar-refractivity contribution is 6.00. The summed E-state index contributed by atoms with van der Waals surface area (Å²) in [5.41, 5.74) is 8.74. The smallest absolute Gasteiger partial charge is 0.383 e. The van der Waals surface area contributed by atoms with Gasteiger partial charge in [-0.05, 0) is 29.3 Å². The lowest BCUT2D eigenvalue weighted by molar-refractivity contribution is -0.137. The quantitative estimate of drug-likeness (QED) is 0.225. The van der Waals surface area contributed by atoms with Gasteiger partial charge in [0.2, 0.25) is 0 Å². The van der Waals surface area contributed by atoms with Crippen LogP contribution >= 0.6 is 0 Å². The molecule has 0 atom stereocenters. The Morgan fingerprint density at radius 1 is 1.03 bits per heavy atom. The average molecular weight is 535 g/mol. The second-order valence-electron chi connectivity index (χ2n) is 8.74. The highest BCUT2D eigenvalue weighted by atomic mass is 19.4. The SMILES string of the molecule is C=C(Nc1ccc(F)cn1)c1cc(C(F)(F)F)cnc1NCc1ccc(-c2cn(C)c3ncnc(N)c23)cc1. The van der Waals surface area contributed by atoms with Gasteiger partial charge in [-0.2, -0.15) is 13.2 Å². The summed E-state index contributed by atoms with van der Waals surface area (Å²) >= 11 is 0. The monoisotopic (exact) mass is 534 g/mol. The van der Waals surface area contributed by atoms with Crippen molar-refractivity contribution in [2.75, 3.05) is 16.4 Å². The van der Waals surface area contributed by atoms with E-state index in [2.05, 4.69) is 37.1 Å². The molecule has 0 bridgehead atoms. The van der Waals surface area contributed by atoms with Gasteiger partial charge in [0.05, 0.1) is 17.1 Å². The van der Waals surface area contributed by atoms with Crippen LogP contribution in [0.3, 0.4) is 0 Å². The summed E-state index contributed by atoms with van der Waals surface area (Å²) < 4.78 is 55.3. The Morgan fingerprint density at radius 2 is 1.79 bits per heavy atom. The third-order valence-electron chi connectivity index (χ3n) is 6.05. The predicted molar refractivity (Wildman–Crippen MR) is 142 cm³/mol. The van der Waals surface area contributed by atoms with Crippen LogP contribution in [-0.4, -0.2) is 24.5 Å². The molecule has 4 heterocycles. The Kier molecular flexibility index (Phi) is 6.60. The molecule has 0 spiro atoms. The van der Waals surface area contributed by atoms with Crippen LogP contribution in [0.2, 0.25) is 0 Å². The van der Waals surface area contributed by atoms with Crippen LogP contribution in [0.1, 0.15) is 16.7 Å². The number of hydrogen-bond donors (Lipinski definition) is 3. The normalized spacial score (nSPS) is 11.5. The van der Waals surface area contributed by atoms with E-state index < -0.39 is 17.6 Å². The van der Waals surface area contributed by atoms with Crippen molar-refractivity contribution in [2.45, 2.75) is 12.7 Å². The number of nitrogens with one attached hydrogen (secondary N) is 2. The number of hydrogen-bond acceptors (Lipinski definition) is 7. The summed E-state index contributed by atoms with van der Waals surface area (Å²) in [4.78, 5) is 16.3. The van der Waals surface area contributed by atoms with Crippen LogP contribution in [0.5, 0.6) is 0 Å². The number of nitrogens with two attached hydrogens (primary N) is 1. The number of anilines is 3. The fraction of sp³-hybridized carbons (Fsp3) is 0.111. The third-order valence-corrected chi connectivity index (χ3v) is 6.05. The first-order valence-electron chi connectivity index (χ1n) is 11.6. The van der Waals surface area contributed by atoms with Gasteiger partial charge in [0.25, 0.3) is 0 Å². The van der Waals surface area contributed by atoms with E-state index in [-0.39, 0.29) is 29.4 Å². The van der Waals surface area contributed by atoms with Crippen molar-refractivity contribution in [3.8, 4) is 11.1 Å². The maximum atomic E-state index is 13.4. The van der Waals surface area contributed by atoms with Crippen LogP contribution in [-0.2, 0) is 19.8 Å². The lowest BCUT2D eigenvalue weighted by Gasteiger charge is -2.17. The predicted octanol–water partition coefficient (Wildman–Crippen LogP) is 5.86. The number of aromatic nitrogens is 5. The van der Waals surface area contributed by atoms with E-state index in [0.29, 0.717) is 11.5 Å². The van der Waals surface area contributed by atoms with Gasteiger partial charge in [0.15, 0.2) is 0 Å². The Bertz CT molecular complexity index is 1660. The summed E-state index contributed by atoms with van der Waals surface area (Å²) in [5, 5.41) is 6.65. The molecule has 0 radical (unpaired) electrons.